The number of rotatable bonds is 8. The Morgan fingerprint density at radius 1 is 1.14 bits per heavy atom. The van der Waals surface area contributed by atoms with Gasteiger partial charge in [-0.05, 0) is 61.4 Å². The van der Waals surface area contributed by atoms with Crippen LogP contribution in [0.25, 0.3) is 0 Å². The number of nitrogens with zero attached hydrogens (tertiary/aromatic N) is 2. The molecule has 1 aromatic heterocycles. The van der Waals surface area contributed by atoms with Crippen molar-refractivity contribution in [2.45, 2.75) is 13.3 Å². The van der Waals surface area contributed by atoms with Crippen LogP contribution in [0.1, 0.15) is 22.8 Å². The van der Waals surface area contributed by atoms with Crippen molar-refractivity contribution in [3.05, 3.63) is 76.9 Å². The van der Waals surface area contributed by atoms with Crippen molar-refractivity contribution in [2.24, 2.45) is 0 Å². The van der Waals surface area contributed by atoms with Crippen molar-refractivity contribution in [1.82, 2.24) is 9.97 Å². The lowest BCUT2D eigenvalue weighted by atomic mass is 10.1. The Morgan fingerprint density at radius 3 is 2.71 bits per heavy atom. The van der Waals surface area contributed by atoms with Crippen LogP contribution >= 0.6 is 11.6 Å². The number of ether oxygens (including phenoxy) is 1. The van der Waals surface area contributed by atoms with Crippen LogP contribution in [-0.4, -0.2) is 29.1 Å². The van der Waals surface area contributed by atoms with Gasteiger partial charge in [-0.15, -0.1) is 0 Å². The first kappa shape index (κ1) is 19.6. The van der Waals surface area contributed by atoms with E-state index in [9.17, 15) is 4.79 Å². The third-order valence-corrected chi connectivity index (χ3v) is 4.15. The van der Waals surface area contributed by atoms with Gasteiger partial charge in [0.2, 0.25) is 5.95 Å². The lowest BCUT2D eigenvalue weighted by Gasteiger charge is -2.09. The summed E-state index contributed by atoms with van der Waals surface area (Å²) in [6.45, 7) is 2.86. The maximum atomic E-state index is 11.7. The Morgan fingerprint density at radius 2 is 1.96 bits per heavy atom. The van der Waals surface area contributed by atoms with Crippen LogP contribution in [0.3, 0.4) is 0 Å². The highest BCUT2D eigenvalue weighted by molar-refractivity contribution is 6.30. The molecule has 0 radical (unpaired) electrons. The molecule has 0 atom stereocenters. The molecule has 0 aliphatic heterocycles. The Kier molecular flexibility index (Phi) is 6.81. The van der Waals surface area contributed by atoms with E-state index in [0.717, 1.165) is 35.1 Å². The molecular formula is C21H21ClN4O2. The molecule has 0 saturated heterocycles. The Bertz CT molecular complexity index is 932. The summed E-state index contributed by atoms with van der Waals surface area (Å²) in [4.78, 5) is 20.4. The van der Waals surface area contributed by atoms with Crippen LogP contribution in [0, 0.1) is 0 Å². The van der Waals surface area contributed by atoms with Crippen LogP contribution in [0.15, 0.2) is 60.8 Å². The summed E-state index contributed by atoms with van der Waals surface area (Å²) in [6.07, 6.45) is 2.52. The monoisotopic (exact) mass is 396 g/mol. The molecule has 3 rings (SSSR count). The SMILES string of the molecule is CCOC(=O)c1ccc(Nc2nccc(NCCc3cccc(Cl)c3)n2)cc1. The molecule has 0 fully saturated rings. The fraction of sp³-hybridized carbons (Fsp3) is 0.190. The van der Waals surface area contributed by atoms with Crippen molar-refractivity contribution in [1.29, 1.82) is 0 Å². The Labute approximate surface area is 168 Å². The number of esters is 1. The van der Waals surface area contributed by atoms with E-state index in [1.54, 1.807) is 37.4 Å². The van der Waals surface area contributed by atoms with Gasteiger partial charge in [-0.2, -0.15) is 4.98 Å². The molecule has 144 valence electrons. The number of carbonyl (C=O) groups excluding carboxylic acids is 1. The predicted octanol–water partition coefficient (Wildman–Crippen LogP) is 4.70. The zero-order valence-electron chi connectivity index (χ0n) is 15.5. The normalized spacial score (nSPS) is 10.4. The molecular weight excluding hydrogens is 376 g/mol. The second kappa shape index (κ2) is 9.71. The summed E-state index contributed by atoms with van der Waals surface area (Å²) in [7, 11) is 0. The number of anilines is 3. The van der Waals surface area contributed by atoms with E-state index < -0.39 is 0 Å². The lowest BCUT2D eigenvalue weighted by molar-refractivity contribution is 0.0526. The Hall–Kier alpha value is -3.12. The van der Waals surface area contributed by atoms with Gasteiger partial charge in [-0.3, -0.25) is 0 Å². The molecule has 2 aromatic carbocycles. The standard InChI is InChI=1S/C21H21ClN4O2/c1-2-28-20(27)16-6-8-18(9-7-16)25-21-24-13-11-19(26-21)23-12-10-15-4-3-5-17(22)14-15/h3-9,11,13-14H,2,10,12H2,1H3,(H2,23,24,25,26). The smallest absolute Gasteiger partial charge is 0.338 e. The minimum atomic E-state index is -0.337. The average Bonchev–Trinajstić information content (AvgIpc) is 2.69. The lowest BCUT2D eigenvalue weighted by Crippen LogP contribution is -2.08. The van der Waals surface area contributed by atoms with Crippen LogP contribution in [-0.2, 0) is 11.2 Å². The van der Waals surface area contributed by atoms with Gasteiger partial charge in [0.25, 0.3) is 0 Å². The number of hydrogen-bond acceptors (Lipinski definition) is 6. The minimum Gasteiger partial charge on any atom is -0.462 e. The zero-order valence-corrected chi connectivity index (χ0v) is 16.2. The van der Waals surface area contributed by atoms with Gasteiger partial charge >= 0.3 is 5.97 Å². The van der Waals surface area contributed by atoms with Gasteiger partial charge in [0.1, 0.15) is 5.82 Å². The van der Waals surface area contributed by atoms with Gasteiger partial charge in [0.05, 0.1) is 12.2 Å². The quantitative estimate of drug-likeness (QED) is 0.537. The molecule has 0 amide bonds. The van der Waals surface area contributed by atoms with Crippen molar-refractivity contribution >= 4 is 35.0 Å². The zero-order chi connectivity index (χ0) is 19.8. The first-order valence-corrected chi connectivity index (χ1v) is 9.37. The van der Waals surface area contributed by atoms with Crippen molar-refractivity contribution < 1.29 is 9.53 Å². The van der Waals surface area contributed by atoms with Crippen LogP contribution in [0.4, 0.5) is 17.5 Å². The summed E-state index contributed by atoms with van der Waals surface area (Å²) in [5.74, 6) is 0.857. The maximum absolute atomic E-state index is 11.7. The second-order valence-corrected chi connectivity index (χ2v) is 6.43. The fourth-order valence-corrected chi connectivity index (χ4v) is 2.79. The third kappa shape index (κ3) is 5.69. The molecule has 2 N–H and O–H groups in total. The van der Waals surface area contributed by atoms with Gasteiger partial charge in [0.15, 0.2) is 0 Å². The van der Waals surface area contributed by atoms with Gasteiger partial charge in [0, 0.05) is 23.5 Å². The first-order valence-electron chi connectivity index (χ1n) is 8.99. The number of halogens is 1. The average molecular weight is 397 g/mol. The van der Waals surface area contributed by atoms with Gasteiger partial charge in [-0.1, -0.05) is 23.7 Å². The predicted molar refractivity (Wildman–Crippen MR) is 111 cm³/mol. The van der Waals surface area contributed by atoms with Crippen molar-refractivity contribution in [2.75, 3.05) is 23.8 Å². The van der Waals surface area contributed by atoms with Crippen molar-refractivity contribution in [3.63, 3.8) is 0 Å². The number of nitrogens with one attached hydrogen (secondary N) is 2. The largest absolute Gasteiger partial charge is 0.462 e. The van der Waals surface area contributed by atoms with Crippen LogP contribution in [0.5, 0.6) is 0 Å². The number of benzene rings is 2. The van der Waals surface area contributed by atoms with Gasteiger partial charge < -0.3 is 15.4 Å². The highest BCUT2D eigenvalue weighted by Gasteiger charge is 2.06. The molecule has 0 bridgehead atoms. The molecule has 0 unspecified atom stereocenters. The van der Waals surface area contributed by atoms with E-state index in [1.807, 2.05) is 30.3 Å². The number of carbonyl (C=O) groups is 1. The fourth-order valence-electron chi connectivity index (χ4n) is 2.58. The highest BCUT2D eigenvalue weighted by atomic mass is 35.5. The topological polar surface area (TPSA) is 76.1 Å². The molecule has 0 spiro atoms. The van der Waals surface area contributed by atoms with E-state index in [0.29, 0.717) is 18.1 Å². The molecule has 0 aliphatic rings. The summed E-state index contributed by atoms with van der Waals surface area (Å²) < 4.78 is 4.98. The summed E-state index contributed by atoms with van der Waals surface area (Å²) >= 11 is 6.01. The van der Waals surface area contributed by atoms with E-state index in [2.05, 4.69) is 20.6 Å². The van der Waals surface area contributed by atoms with Crippen LogP contribution < -0.4 is 10.6 Å². The molecule has 28 heavy (non-hydrogen) atoms. The summed E-state index contributed by atoms with van der Waals surface area (Å²) in [6, 6.07) is 16.6. The maximum Gasteiger partial charge on any atom is 0.338 e. The first-order chi connectivity index (χ1) is 13.6. The number of hydrogen-bond donors (Lipinski definition) is 2. The molecule has 0 saturated carbocycles. The van der Waals surface area contributed by atoms with E-state index >= 15 is 0 Å². The molecule has 1 heterocycles. The molecule has 0 aliphatic carbocycles. The molecule has 7 heteroatoms. The third-order valence-electron chi connectivity index (χ3n) is 3.92. The van der Waals surface area contributed by atoms with Crippen LogP contribution in [0.2, 0.25) is 5.02 Å². The van der Waals surface area contributed by atoms with E-state index in [1.165, 1.54) is 0 Å². The Balaban J connectivity index is 1.56. The van der Waals surface area contributed by atoms with E-state index in [-0.39, 0.29) is 5.97 Å². The summed E-state index contributed by atoms with van der Waals surface area (Å²) in [5.41, 5.74) is 2.45. The molecule has 6 nitrogen and oxygen atoms in total. The molecule has 3 aromatic rings. The number of aromatic nitrogens is 2. The second-order valence-electron chi connectivity index (χ2n) is 6.00. The summed E-state index contributed by atoms with van der Waals surface area (Å²) in [5, 5.41) is 7.14. The highest BCUT2D eigenvalue weighted by Crippen LogP contribution is 2.16. The van der Waals surface area contributed by atoms with Crippen molar-refractivity contribution in [3.8, 4) is 0 Å². The van der Waals surface area contributed by atoms with E-state index in [4.69, 9.17) is 16.3 Å². The van der Waals surface area contributed by atoms with Gasteiger partial charge in [-0.25, -0.2) is 9.78 Å². The minimum absolute atomic E-state index is 0.337.